The maximum atomic E-state index is 10.6. The fraction of sp³-hybridized carbons (Fsp3) is 0.857. The lowest BCUT2D eigenvalue weighted by molar-refractivity contribution is -0.129. The molecule has 3 saturated carbocycles. The highest BCUT2D eigenvalue weighted by molar-refractivity contribution is 5.26. The summed E-state index contributed by atoms with van der Waals surface area (Å²) in [6, 6.07) is 0. The predicted octanol–water partition coefficient (Wildman–Crippen LogP) is 4.69. The Morgan fingerprint density at radius 2 is 1.75 bits per heavy atom. The van der Waals surface area contributed by atoms with Gasteiger partial charge in [0.15, 0.2) is 0 Å². The average molecular weight is 446 g/mol. The normalized spacial score (nSPS) is 39.8. The third-order valence-electron chi connectivity index (χ3n) is 9.77. The molecule has 0 amide bonds. The van der Waals surface area contributed by atoms with Gasteiger partial charge in [0.05, 0.1) is 17.8 Å². The number of likely N-dealkylation sites (tertiary alicyclic amines) is 1. The minimum atomic E-state index is -0.463. The Bertz CT molecular complexity index is 710. The molecule has 4 aliphatic rings. The van der Waals surface area contributed by atoms with Crippen molar-refractivity contribution in [3.05, 3.63) is 23.3 Å². The minimum Gasteiger partial charge on any atom is -0.393 e. The van der Waals surface area contributed by atoms with Gasteiger partial charge in [-0.1, -0.05) is 51.0 Å². The predicted molar refractivity (Wildman–Crippen MR) is 130 cm³/mol. The Kier molecular flexibility index (Phi) is 7.27. The monoisotopic (exact) mass is 445 g/mol. The summed E-state index contributed by atoms with van der Waals surface area (Å²) in [5.74, 6) is 2.54. The van der Waals surface area contributed by atoms with Crippen molar-refractivity contribution in [2.75, 3.05) is 19.6 Å². The maximum Gasteiger partial charge on any atom is 0.0922 e. The Morgan fingerprint density at radius 3 is 2.41 bits per heavy atom. The molecular formula is C28H47NO3. The molecule has 32 heavy (non-hydrogen) atoms. The Morgan fingerprint density at radius 1 is 1.06 bits per heavy atom. The number of rotatable bonds is 6. The number of hydrogen-bond acceptors (Lipinski definition) is 4. The maximum absolute atomic E-state index is 10.6. The summed E-state index contributed by atoms with van der Waals surface area (Å²) < 4.78 is 0. The van der Waals surface area contributed by atoms with Crippen LogP contribution in [0.1, 0.15) is 85.5 Å². The lowest BCUT2D eigenvalue weighted by atomic mass is 9.61. The topological polar surface area (TPSA) is 63.9 Å². The van der Waals surface area contributed by atoms with Gasteiger partial charge in [-0.05, 0) is 93.4 Å². The third kappa shape index (κ3) is 4.89. The summed E-state index contributed by atoms with van der Waals surface area (Å²) >= 11 is 0. The van der Waals surface area contributed by atoms with Crippen LogP contribution < -0.4 is 0 Å². The van der Waals surface area contributed by atoms with Gasteiger partial charge in [0.2, 0.25) is 0 Å². The first kappa shape index (κ1) is 24.4. The van der Waals surface area contributed by atoms with Crippen LogP contribution in [0.25, 0.3) is 0 Å². The number of aliphatic hydroxyl groups is 3. The van der Waals surface area contributed by atoms with Crippen LogP contribution in [0.2, 0.25) is 0 Å². The molecule has 4 fully saturated rings. The van der Waals surface area contributed by atoms with E-state index in [1.807, 2.05) is 0 Å². The summed E-state index contributed by atoms with van der Waals surface area (Å²) in [4.78, 5) is 2.44. The number of aliphatic hydroxyl groups excluding tert-OH is 2. The van der Waals surface area contributed by atoms with E-state index in [-0.39, 0.29) is 12.2 Å². The van der Waals surface area contributed by atoms with E-state index in [4.69, 9.17) is 0 Å². The van der Waals surface area contributed by atoms with E-state index < -0.39 is 5.60 Å². The Hall–Kier alpha value is -0.680. The van der Waals surface area contributed by atoms with Gasteiger partial charge < -0.3 is 15.3 Å². The van der Waals surface area contributed by atoms with Crippen LogP contribution in [-0.4, -0.2) is 57.7 Å². The highest BCUT2D eigenvalue weighted by Crippen LogP contribution is 2.59. The van der Waals surface area contributed by atoms with Crippen molar-refractivity contribution in [2.24, 2.45) is 29.1 Å². The summed E-state index contributed by atoms with van der Waals surface area (Å²) in [6.45, 7) is 12.1. The average Bonchev–Trinajstić information content (AvgIpc) is 3.05. The second-order valence-corrected chi connectivity index (χ2v) is 12.3. The zero-order valence-electron chi connectivity index (χ0n) is 20.9. The second-order valence-electron chi connectivity index (χ2n) is 12.3. The van der Waals surface area contributed by atoms with E-state index in [0.717, 1.165) is 31.5 Å². The van der Waals surface area contributed by atoms with E-state index in [0.29, 0.717) is 36.5 Å². The van der Waals surface area contributed by atoms with Gasteiger partial charge >= 0.3 is 0 Å². The van der Waals surface area contributed by atoms with Crippen LogP contribution in [0, 0.1) is 29.1 Å². The van der Waals surface area contributed by atoms with E-state index >= 15 is 0 Å². The number of nitrogens with zero attached hydrogens (tertiary/aromatic N) is 1. The van der Waals surface area contributed by atoms with Gasteiger partial charge in [-0.2, -0.15) is 0 Å². The first-order valence-electron chi connectivity index (χ1n) is 13.3. The van der Waals surface area contributed by atoms with Crippen LogP contribution in [0.5, 0.6) is 0 Å². The molecular weight excluding hydrogens is 398 g/mol. The van der Waals surface area contributed by atoms with Crippen molar-refractivity contribution in [3.8, 4) is 0 Å². The minimum absolute atomic E-state index is 0.341. The molecule has 0 bridgehead atoms. The lowest BCUT2D eigenvalue weighted by Gasteiger charge is -2.50. The number of allylic oxidation sites excluding steroid dienone is 3. The Labute approximate surface area is 195 Å². The van der Waals surface area contributed by atoms with E-state index in [2.05, 4.69) is 44.7 Å². The molecule has 182 valence electrons. The van der Waals surface area contributed by atoms with Crippen LogP contribution in [0.3, 0.4) is 0 Å². The molecule has 3 aliphatic carbocycles. The zero-order valence-corrected chi connectivity index (χ0v) is 20.9. The molecule has 0 aromatic heterocycles. The SMILES string of the molecule is CC(CCN1CC(O)(C(C)C)C1)[C@H]1CC[C@H]2C(=CC=C3C[C@@H](O)C[C@H](O)C3)CCC[C@]12C. The van der Waals surface area contributed by atoms with E-state index in [1.165, 1.54) is 44.1 Å². The van der Waals surface area contributed by atoms with Crippen LogP contribution in [-0.2, 0) is 0 Å². The lowest BCUT2D eigenvalue weighted by Crippen LogP contribution is -2.64. The van der Waals surface area contributed by atoms with Gasteiger partial charge in [-0.15, -0.1) is 0 Å². The molecule has 1 saturated heterocycles. The molecule has 1 unspecified atom stereocenters. The van der Waals surface area contributed by atoms with Crippen LogP contribution in [0.15, 0.2) is 23.3 Å². The van der Waals surface area contributed by atoms with Crippen molar-refractivity contribution in [1.29, 1.82) is 0 Å². The van der Waals surface area contributed by atoms with Crippen molar-refractivity contribution >= 4 is 0 Å². The number of hydrogen-bond donors (Lipinski definition) is 3. The van der Waals surface area contributed by atoms with Crippen molar-refractivity contribution in [1.82, 2.24) is 4.90 Å². The first-order valence-corrected chi connectivity index (χ1v) is 13.3. The molecule has 0 aromatic rings. The molecule has 4 heteroatoms. The van der Waals surface area contributed by atoms with Crippen molar-refractivity contribution < 1.29 is 15.3 Å². The zero-order chi connectivity index (χ0) is 23.1. The summed E-state index contributed by atoms with van der Waals surface area (Å²) in [7, 11) is 0. The molecule has 6 atom stereocenters. The highest BCUT2D eigenvalue weighted by Gasteiger charge is 2.51. The molecule has 0 aromatic carbocycles. The summed E-state index contributed by atoms with van der Waals surface area (Å²) in [6.07, 6.45) is 13.5. The molecule has 3 N–H and O–H groups in total. The molecule has 0 spiro atoms. The fourth-order valence-corrected chi connectivity index (χ4v) is 7.58. The van der Waals surface area contributed by atoms with Gasteiger partial charge in [-0.25, -0.2) is 0 Å². The third-order valence-corrected chi connectivity index (χ3v) is 9.77. The fourth-order valence-electron chi connectivity index (χ4n) is 7.58. The smallest absolute Gasteiger partial charge is 0.0922 e. The summed E-state index contributed by atoms with van der Waals surface area (Å²) in [5.41, 5.74) is 2.76. The Balaban J connectivity index is 1.36. The van der Waals surface area contributed by atoms with Crippen molar-refractivity contribution in [3.63, 3.8) is 0 Å². The quantitative estimate of drug-likeness (QED) is 0.555. The van der Waals surface area contributed by atoms with E-state index in [9.17, 15) is 15.3 Å². The van der Waals surface area contributed by atoms with E-state index in [1.54, 1.807) is 5.57 Å². The van der Waals surface area contributed by atoms with Gasteiger partial charge in [0.25, 0.3) is 0 Å². The standard InChI is InChI=1S/C28H47NO3/c1-19(2)28(32)17-29(18-28)13-11-20(3)25-9-10-26-22(6-5-12-27(25,26)4)8-7-21-14-23(30)16-24(31)15-21/h7-8,19-20,23-26,30-32H,5-6,9-18H2,1-4H3/t20?,23-,24-,25-,26+,27-/m1/s1. The first-order chi connectivity index (χ1) is 15.1. The highest BCUT2D eigenvalue weighted by atomic mass is 16.3. The van der Waals surface area contributed by atoms with Crippen LogP contribution in [0.4, 0.5) is 0 Å². The molecule has 0 radical (unpaired) electrons. The van der Waals surface area contributed by atoms with Crippen molar-refractivity contribution in [2.45, 2.75) is 103 Å². The largest absolute Gasteiger partial charge is 0.393 e. The molecule has 4 nitrogen and oxygen atoms in total. The molecule has 1 heterocycles. The number of fused-ring (bicyclic) bond motifs is 1. The van der Waals surface area contributed by atoms with Gasteiger partial charge in [-0.3, -0.25) is 4.90 Å². The molecule has 1 aliphatic heterocycles. The second kappa shape index (κ2) is 9.52. The summed E-state index contributed by atoms with van der Waals surface area (Å²) in [5, 5.41) is 30.6. The number of β-amino-alcohol motifs (C(OH)–C–C–N with tert-alkyl or cyclic N) is 1. The molecule has 4 rings (SSSR count). The van der Waals surface area contributed by atoms with Gasteiger partial charge in [0.1, 0.15) is 0 Å². The van der Waals surface area contributed by atoms with Gasteiger partial charge in [0, 0.05) is 13.1 Å². The van der Waals surface area contributed by atoms with Crippen LogP contribution >= 0.6 is 0 Å².